The van der Waals surface area contributed by atoms with Crippen molar-refractivity contribution in [2.75, 3.05) is 19.6 Å². The van der Waals surface area contributed by atoms with Crippen LogP contribution in [0.25, 0.3) is 0 Å². The molecule has 4 nitrogen and oxygen atoms in total. The number of hydrogen-bond acceptors (Lipinski definition) is 3. The molecular weight excluding hydrogens is 276 g/mol. The number of amides is 1. The topological polar surface area (TPSA) is 41.6 Å². The van der Waals surface area contributed by atoms with Crippen molar-refractivity contribution in [2.24, 2.45) is 0 Å². The zero-order chi connectivity index (χ0) is 13.9. The Hall–Kier alpha value is -1.26. The molecule has 3 rings (SSSR count). The fraction of sp³-hybridized carbons (Fsp3) is 0.533. The Kier molecular flexibility index (Phi) is 4.13. The second-order valence-electron chi connectivity index (χ2n) is 5.48. The fourth-order valence-corrected chi connectivity index (χ4v) is 3.03. The maximum absolute atomic E-state index is 11.3. The number of ether oxygens (including phenoxy) is 1. The van der Waals surface area contributed by atoms with Crippen LogP contribution in [0.4, 0.5) is 0 Å². The van der Waals surface area contributed by atoms with Gasteiger partial charge in [-0.1, -0.05) is 17.7 Å². The predicted molar refractivity (Wildman–Crippen MR) is 78.1 cm³/mol. The summed E-state index contributed by atoms with van der Waals surface area (Å²) >= 11 is 5.94. The van der Waals surface area contributed by atoms with Crippen molar-refractivity contribution in [1.82, 2.24) is 10.2 Å². The van der Waals surface area contributed by atoms with Crippen LogP contribution < -0.4 is 10.1 Å². The first-order valence-electron chi connectivity index (χ1n) is 7.14. The highest BCUT2D eigenvalue weighted by Gasteiger charge is 2.34. The second kappa shape index (κ2) is 6.02. The summed E-state index contributed by atoms with van der Waals surface area (Å²) in [5.74, 6) is 1.01. The summed E-state index contributed by atoms with van der Waals surface area (Å²) in [4.78, 5) is 13.7. The Morgan fingerprint density at radius 2 is 2.15 bits per heavy atom. The molecule has 2 aliphatic rings. The van der Waals surface area contributed by atoms with E-state index < -0.39 is 0 Å². The van der Waals surface area contributed by atoms with Crippen LogP contribution in [0.3, 0.4) is 0 Å². The van der Waals surface area contributed by atoms with Crippen molar-refractivity contribution < 1.29 is 9.53 Å². The zero-order valence-electron chi connectivity index (χ0n) is 11.3. The number of likely N-dealkylation sites (tertiary alicyclic amines) is 1. The van der Waals surface area contributed by atoms with E-state index in [1.807, 2.05) is 24.3 Å². The van der Waals surface area contributed by atoms with Gasteiger partial charge in [0.2, 0.25) is 5.91 Å². The van der Waals surface area contributed by atoms with E-state index in [0.29, 0.717) is 17.5 Å². The molecule has 0 saturated carbocycles. The van der Waals surface area contributed by atoms with Gasteiger partial charge < -0.3 is 10.1 Å². The van der Waals surface area contributed by atoms with Crippen molar-refractivity contribution in [2.45, 2.75) is 31.4 Å². The number of carbonyl (C=O) groups is 1. The quantitative estimate of drug-likeness (QED) is 0.928. The molecule has 0 aliphatic carbocycles. The molecule has 1 N–H and O–H groups in total. The third-order valence-corrected chi connectivity index (χ3v) is 4.23. The number of benzene rings is 1. The van der Waals surface area contributed by atoms with E-state index in [-0.39, 0.29) is 12.0 Å². The van der Waals surface area contributed by atoms with Crippen molar-refractivity contribution in [1.29, 1.82) is 0 Å². The molecular formula is C15H19ClN2O2. The zero-order valence-corrected chi connectivity index (χ0v) is 12.1. The minimum atomic E-state index is 0.180. The third kappa shape index (κ3) is 3.25. The van der Waals surface area contributed by atoms with Gasteiger partial charge in [-0.05, 0) is 31.0 Å². The van der Waals surface area contributed by atoms with Gasteiger partial charge in [0, 0.05) is 37.1 Å². The molecule has 108 valence electrons. The molecule has 1 amide bonds. The van der Waals surface area contributed by atoms with E-state index in [9.17, 15) is 4.79 Å². The summed E-state index contributed by atoms with van der Waals surface area (Å²) in [6.07, 6.45) is 2.87. The second-order valence-corrected chi connectivity index (χ2v) is 5.92. The average molecular weight is 295 g/mol. The fourth-order valence-electron chi connectivity index (χ4n) is 2.85. The van der Waals surface area contributed by atoms with Gasteiger partial charge in [0.1, 0.15) is 11.9 Å². The highest BCUT2D eigenvalue weighted by molar-refractivity contribution is 6.30. The molecule has 2 aliphatic heterocycles. The molecule has 5 heteroatoms. The molecule has 0 spiro atoms. The summed E-state index contributed by atoms with van der Waals surface area (Å²) in [7, 11) is 0. The molecule has 0 radical (unpaired) electrons. The highest BCUT2D eigenvalue weighted by Crippen LogP contribution is 2.25. The van der Waals surface area contributed by atoms with E-state index in [4.69, 9.17) is 16.3 Å². The van der Waals surface area contributed by atoms with Crippen LogP contribution >= 0.6 is 11.6 Å². The Balaban J connectivity index is 1.47. The normalized spacial score (nSPS) is 24.6. The molecule has 0 unspecified atom stereocenters. The molecule has 2 fully saturated rings. The standard InChI is InChI=1S/C15H19ClN2O2/c16-11-2-1-3-13(8-11)20-14-9-18(10-14)12-4-5-15(19)17-7-6-12/h1-3,8,12,14H,4-7,9-10H2,(H,17,19)/t12-/m1/s1. The Morgan fingerprint density at radius 3 is 2.95 bits per heavy atom. The lowest BCUT2D eigenvalue weighted by molar-refractivity contribution is -0.120. The number of carbonyl (C=O) groups excluding carboxylic acids is 1. The van der Waals surface area contributed by atoms with Gasteiger partial charge in [0.15, 0.2) is 0 Å². The maximum atomic E-state index is 11.3. The van der Waals surface area contributed by atoms with Gasteiger partial charge in [0.05, 0.1) is 0 Å². The van der Waals surface area contributed by atoms with Crippen LogP contribution in [0.1, 0.15) is 19.3 Å². The number of rotatable bonds is 3. The van der Waals surface area contributed by atoms with E-state index in [0.717, 1.165) is 38.2 Å². The lowest BCUT2D eigenvalue weighted by Crippen LogP contribution is -2.57. The van der Waals surface area contributed by atoms with E-state index in [2.05, 4.69) is 10.2 Å². The number of nitrogens with one attached hydrogen (secondary N) is 1. The van der Waals surface area contributed by atoms with E-state index in [1.165, 1.54) is 0 Å². The van der Waals surface area contributed by atoms with Crippen molar-refractivity contribution >= 4 is 17.5 Å². The van der Waals surface area contributed by atoms with Gasteiger partial charge in [-0.25, -0.2) is 0 Å². The minimum absolute atomic E-state index is 0.180. The number of nitrogens with zero attached hydrogens (tertiary/aromatic N) is 1. The van der Waals surface area contributed by atoms with Crippen molar-refractivity contribution in [3.63, 3.8) is 0 Å². The van der Waals surface area contributed by atoms with E-state index in [1.54, 1.807) is 0 Å². The number of halogens is 1. The predicted octanol–water partition coefficient (Wildman–Crippen LogP) is 2.07. The minimum Gasteiger partial charge on any atom is -0.488 e. The molecule has 0 bridgehead atoms. The summed E-state index contributed by atoms with van der Waals surface area (Å²) in [6, 6.07) is 8.03. The van der Waals surface area contributed by atoms with Crippen LogP contribution in [0.15, 0.2) is 24.3 Å². The van der Waals surface area contributed by atoms with Gasteiger partial charge in [-0.15, -0.1) is 0 Å². The lowest BCUT2D eigenvalue weighted by Gasteiger charge is -2.43. The Labute approximate surface area is 124 Å². The molecule has 1 atom stereocenters. The first-order chi connectivity index (χ1) is 9.70. The van der Waals surface area contributed by atoms with Gasteiger partial charge in [0.25, 0.3) is 0 Å². The molecule has 2 heterocycles. The lowest BCUT2D eigenvalue weighted by atomic mass is 10.0. The summed E-state index contributed by atoms with van der Waals surface area (Å²) in [6.45, 7) is 2.66. The van der Waals surface area contributed by atoms with Crippen molar-refractivity contribution in [3.8, 4) is 5.75 Å². The largest absolute Gasteiger partial charge is 0.488 e. The van der Waals surface area contributed by atoms with Crippen LogP contribution in [0.5, 0.6) is 5.75 Å². The SMILES string of the molecule is O=C1CC[C@@H](N2CC(Oc3cccc(Cl)c3)C2)CCN1. The monoisotopic (exact) mass is 294 g/mol. The summed E-state index contributed by atoms with van der Waals surface area (Å²) < 4.78 is 5.90. The molecule has 1 aromatic rings. The van der Waals surface area contributed by atoms with Gasteiger partial charge in [-0.3, -0.25) is 9.69 Å². The molecule has 0 aromatic heterocycles. The maximum Gasteiger partial charge on any atom is 0.220 e. The smallest absolute Gasteiger partial charge is 0.220 e. The van der Waals surface area contributed by atoms with Gasteiger partial charge in [-0.2, -0.15) is 0 Å². The summed E-state index contributed by atoms with van der Waals surface area (Å²) in [5.41, 5.74) is 0. The molecule has 20 heavy (non-hydrogen) atoms. The first kappa shape index (κ1) is 13.7. The number of hydrogen-bond donors (Lipinski definition) is 1. The van der Waals surface area contributed by atoms with Crippen molar-refractivity contribution in [3.05, 3.63) is 29.3 Å². The Bertz CT molecular complexity index is 489. The van der Waals surface area contributed by atoms with Crippen LogP contribution in [0.2, 0.25) is 5.02 Å². The molecule has 2 saturated heterocycles. The molecule has 1 aromatic carbocycles. The summed E-state index contributed by atoms with van der Waals surface area (Å²) in [5, 5.41) is 3.62. The first-order valence-corrected chi connectivity index (χ1v) is 7.51. The highest BCUT2D eigenvalue weighted by atomic mass is 35.5. The average Bonchev–Trinajstić information content (AvgIpc) is 2.58. The van der Waals surface area contributed by atoms with Crippen LogP contribution in [-0.2, 0) is 4.79 Å². The van der Waals surface area contributed by atoms with Crippen LogP contribution in [-0.4, -0.2) is 42.6 Å². The van der Waals surface area contributed by atoms with Crippen LogP contribution in [0, 0.1) is 0 Å². The van der Waals surface area contributed by atoms with E-state index >= 15 is 0 Å². The third-order valence-electron chi connectivity index (χ3n) is 4.00. The Morgan fingerprint density at radius 1 is 1.30 bits per heavy atom. The van der Waals surface area contributed by atoms with Gasteiger partial charge >= 0.3 is 0 Å².